The molecule has 2 rings (SSSR count). The number of hydrogen-bond donors (Lipinski definition) is 1. The Kier molecular flexibility index (Phi) is 5.17. The van der Waals surface area contributed by atoms with Crippen LogP contribution in [0.2, 0.25) is 0 Å². The first kappa shape index (κ1) is 16.0. The predicted octanol–water partition coefficient (Wildman–Crippen LogP) is 2.88. The van der Waals surface area contributed by atoms with Gasteiger partial charge in [0, 0.05) is 5.56 Å². The number of carbonyl (C=O) groups is 1. The van der Waals surface area contributed by atoms with Gasteiger partial charge in [0.15, 0.2) is 0 Å². The molecule has 0 heterocycles. The number of para-hydroxylation sites is 1. The van der Waals surface area contributed by atoms with Crippen LogP contribution in [0, 0.1) is 0 Å². The molecule has 0 aliphatic carbocycles. The van der Waals surface area contributed by atoms with Crippen LogP contribution in [0.4, 0.5) is 0 Å². The van der Waals surface area contributed by atoms with Crippen molar-refractivity contribution in [3.63, 3.8) is 0 Å². The topological polar surface area (TPSA) is 55.8 Å². The minimum absolute atomic E-state index is 0.175. The second-order valence-corrected chi connectivity index (χ2v) is 4.91. The number of hydrogen-bond acceptors (Lipinski definition) is 4. The van der Waals surface area contributed by atoms with Gasteiger partial charge >= 0.3 is 5.97 Å². The molecule has 0 saturated carbocycles. The number of ether oxygens (including phenoxy) is 2. The van der Waals surface area contributed by atoms with Crippen molar-refractivity contribution in [1.29, 1.82) is 0 Å². The molecule has 4 heteroatoms. The summed E-state index contributed by atoms with van der Waals surface area (Å²) in [5, 5.41) is 11.3. The predicted molar refractivity (Wildman–Crippen MR) is 83.7 cm³/mol. The molecular weight excluding hydrogens is 280 g/mol. The van der Waals surface area contributed by atoms with E-state index in [1.807, 2.05) is 24.3 Å². The molecule has 1 atom stereocenters. The summed E-state index contributed by atoms with van der Waals surface area (Å²) in [6.45, 7) is 2.01. The number of aliphatic hydroxyl groups is 1. The summed E-state index contributed by atoms with van der Waals surface area (Å²) in [6, 6.07) is 16.2. The van der Waals surface area contributed by atoms with Gasteiger partial charge in [0.1, 0.15) is 11.4 Å². The summed E-state index contributed by atoms with van der Waals surface area (Å²) in [6.07, 6.45) is -0.175. The highest BCUT2D eigenvalue weighted by Crippen LogP contribution is 2.38. The van der Waals surface area contributed by atoms with Crippen molar-refractivity contribution < 1.29 is 19.4 Å². The van der Waals surface area contributed by atoms with E-state index < -0.39 is 11.6 Å². The van der Waals surface area contributed by atoms with Crippen LogP contribution in [0.15, 0.2) is 54.6 Å². The zero-order valence-corrected chi connectivity index (χ0v) is 12.8. The Labute approximate surface area is 130 Å². The van der Waals surface area contributed by atoms with E-state index in [-0.39, 0.29) is 13.0 Å². The molecule has 0 fully saturated rings. The highest BCUT2D eigenvalue weighted by molar-refractivity contribution is 5.72. The maximum atomic E-state index is 12.0. The Morgan fingerprint density at radius 3 is 2.36 bits per heavy atom. The zero-order valence-electron chi connectivity index (χ0n) is 12.8. The second kappa shape index (κ2) is 7.09. The minimum atomic E-state index is -1.50. The van der Waals surface area contributed by atoms with Crippen LogP contribution in [0.25, 0.3) is 0 Å². The Morgan fingerprint density at radius 1 is 1.09 bits per heavy atom. The fourth-order valence-corrected chi connectivity index (χ4v) is 2.47. The van der Waals surface area contributed by atoms with Gasteiger partial charge in [-0.1, -0.05) is 48.5 Å². The maximum Gasteiger partial charge on any atom is 0.309 e. The van der Waals surface area contributed by atoms with E-state index in [1.54, 1.807) is 37.3 Å². The lowest BCUT2D eigenvalue weighted by Gasteiger charge is -2.29. The SMILES string of the molecule is CCOC(=O)CC(O)(c1ccccc1)c1ccccc1OC. The summed E-state index contributed by atoms with van der Waals surface area (Å²) < 4.78 is 10.4. The van der Waals surface area contributed by atoms with E-state index in [4.69, 9.17) is 9.47 Å². The van der Waals surface area contributed by atoms with Crippen molar-refractivity contribution in [1.82, 2.24) is 0 Å². The Hall–Kier alpha value is -2.33. The number of esters is 1. The van der Waals surface area contributed by atoms with Gasteiger partial charge in [-0.15, -0.1) is 0 Å². The summed E-state index contributed by atoms with van der Waals surface area (Å²) in [4.78, 5) is 12.0. The van der Waals surface area contributed by atoms with E-state index in [0.717, 1.165) is 0 Å². The molecule has 0 aromatic heterocycles. The molecule has 22 heavy (non-hydrogen) atoms. The molecule has 0 spiro atoms. The van der Waals surface area contributed by atoms with Crippen LogP contribution in [-0.4, -0.2) is 24.8 Å². The average molecular weight is 300 g/mol. The molecule has 0 aliphatic heterocycles. The van der Waals surface area contributed by atoms with Gasteiger partial charge in [-0.3, -0.25) is 4.79 Å². The van der Waals surface area contributed by atoms with Gasteiger partial charge in [0.2, 0.25) is 0 Å². The third-order valence-corrected chi connectivity index (χ3v) is 3.51. The second-order valence-electron chi connectivity index (χ2n) is 4.91. The average Bonchev–Trinajstić information content (AvgIpc) is 2.55. The molecule has 0 radical (unpaired) electrons. The first-order valence-corrected chi connectivity index (χ1v) is 7.19. The quantitative estimate of drug-likeness (QED) is 0.833. The Morgan fingerprint density at radius 2 is 1.73 bits per heavy atom. The Bertz CT molecular complexity index is 624. The fourth-order valence-electron chi connectivity index (χ4n) is 2.47. The normalized spacial score (nSPS) is 13.2. The molecule has 0 aliphatic rings. The molecule has 1 N–H and O–H groups in total. The van der Waals surface area contributed by atoms with E-state index in [1.165, 1.54) is 7.11 Å². The standard InChI is InChI=1S/C18H20O4/c1-3-22-17(19)13-18(20,14-9-5-4-6-10-14)15-11-7-8-12-16(15)21-2/h4-12,20H,3,13H2,1-2H3. The van der Waals surface area contributed by atoms with Crippen LogP contribution in [0.5, 0.6) is 5.75 Å². The van der Waals surface area contributed by atoms with E-state index in [2.05, 4.69) is 0 Å². The van der Waals surface area contributed by atoms with Gasteiger partial charge in [-0.2, -0.15) is 0 Å². The molecule has 2 aromatic carbocycles. The third kappa shape index (κ3) is 3.28. The first-order chi connectivity index (χ1) is 10.6. The third-order valence-electron chi connectivity index (χ3n) is 3.51. The first-order valence-electron chi connectivity index (χ1n) is 7.19. The number of carbonyl (C=O) groups excluding carboxylic acids is 1. The molecule has 116 valence electrons. The van der Waals surface area contributed by atoms with E-state index in [0.29, 0.717) is 16.9 Å². The molecule has 0 amide bonds. The fraction of sp³-hybridized carbons (Fsp3) is 0.278. The van der Waals surface area contributed by atoms with Crippen LogP contribution < -0.4 is 4.74 Å². The molecule has 0 saturated heterocycles. The van der Waals surface area contributed by atoms with E-state index >= 15 is 0 Å². The monoisotopic (exact) mass is 300 g/mol. The van der Waals surface area contributed by atoms with Crippen LogP contribution in [0.1, 0.15) is 24.5 Å². The maximum absolute atomic E-state index is 12.0. The van der Waals surface area contributed by atoms with Gasteiger partial charge in [0.05, 0.1) is 20.1 Å². The lowest BCUT2D eigenvalue weighted by atomic mass is 9.83. The molecule has 1 unspecified atom stereocenters. The van der Waals surface area contributed by atoms with Crippen molar-refractivity contribution in [3.8, 4) is 5.75 Å². The van der Waals surface area contributed by atoms with Gasteiger partial charge in [-0.25, -0.2) is 0 Å². The largest absolute Gasteiger partial charge is 0.496 e. The summed E-state index contributed by atoms with van der Waals surface area (Å²) in [7, 11) is 1.54. The van der Waals surface area contributed by atoms with Crippen LogP contribution in [-0.2, 0) is 15.1 Å². The Balaban J connectivity index is 2.52. The van der Waals surface area contributed by atoms with Crippen molar-refractivity contribution in [2.24, 2.45) is 0 Å². The van der Waals surface area contributed by atoms with Crippen molar-refractivity contribution in [2.75, 3.05) is 13.7 Å². The number of methoxy groups -OCH3 is 1. The van der Waals surface area contributed by atoms with Crippen molar-refractivity contribution in [3.05, 3.63) is 65.7 Å². The van der Waals surface area contributed by atoms with E-state index in [9.17, 15) is 9.90 Å². The van der Waals surface area contributed by atoms with Crippen LogP contribution in [0.3, 0.4) is 0 Å². The van der Waals surface area contributed by atoms with Gasteiger partial charge in [-0.05, 0) is 18.6 Å². The smallest absolute Gasteiger partial charge is 0.309 e. The lowest BCUT2D eigenvalue weighted by molar-refractivity contribution is -0.147. The highest BCUT2D eigenvalue weighted by atomic mass is 16.5. The van der Waals surface area contributed by atoms with Crippen molar-refractivity contribution in [2.45, 2.75) is 18.9 Å². The van der Waals surface area contributed by atoms with Gasteiger partial charge < -0.3 is 14.6 Å². The molecular formula is C18H20O4. The minimum Gasteiger partial charge on any atom is -0.496 e. The van der Waals surface area contributed by atoms with Crippen molar-refractivity contribution >= 4 is 5.97 Å². The lowest BCUT2D eigenvalue weighted by Crippen LogP contribution is -2.31. The summed E-state index contributed by atoms with van der Waals surface area (Å²) >= 11 is 0. The number of rotatable bonds is 6. The molecule has 0 bridgehead atoms. The highest BCUT2D eigenvalue weighted by Gasteiger charge is 2.37. The van der Waals surface area contributed by atoms with Gasteiger partial charge in [0.25, 0.3) is 0 Å². The van der Waals surface area contributed by atoms with Crippen LogP contribution >= 0.6 is 0 Å². The molecule has 2 aromatic rings. The molecule has 4 nitrogen and oxygen atoms in total. The summed E-state index contributed by atoms with van der Waals surface area (Å²) in [5.74, 6) is 0.0675. The summed E-state index contributed by atoms with van der Waals surface area (Å²) in [5.41, 5.74) is -0.343. The number of benzene rings is 2. The zero-order chi connectivity index (χ0) is 16.0.